The number of aryl methyl sites for hydroxylation is 1. The van der Waals surface area contributed by atoms with E-state index in [0.717, 1.165) is 24.1 Å². The van der Waals surface area contributed by atoms with Gasteiger partial charge in [0.05, 0.1) is 17.6 Å². The van der Waals surface area contributed by atoms with E-state index in [4.69, 9.17) is 0 Å². The van der Waals surface area contributed by atoms with E-state index in [-0.39, 0.29) is 5.91 Å². The van der Waals surface area contributed by atoms with Crippen molar-refractivity contribution in [2.75, 3.05) is 22.5 Å². The predicted octanol–water partition coefficient (Wildman–Crippen LogP) is 2.16. The van der Waals surface area contributed by atoms with Gasteiger partial charge in [0.2, 0.25) is 10.0 Å². The van der Waals surface area contributed by atoms with E-state index in [0.29, 0.717) is 17.8 Å². The van der Waals surface area contributed by atoms with Gasteiger partial charge in [0, 0.05) is 12.1 Å². The molecule has 0 aromatic heterocycles. The Morgan fingerprint density at radius 1 is 1.12 bits per heavy atom. The number of hydrogen-bond acceptors (Lipinski definition) is 4. The third kappa shape index (κ3) is 3.51. The van der Waals surface area contributed by atoms with E-state index < -0.39 is 10.0 Å². The monoisotopic (exact) mass is 345 g/mol. The summed E-state index contributed by atoms with van der Waals surface area (Å²) in [6, 6.07) is 14.4. The molecule has 2 aromatic carbocycles. The van der Waals surface area contributed by atoms with Crippen molar-refractivity contribution in [2.24, 2.45) is 0 Å². The quantitative estimate of drug-likeness (QED) is 0.833. The van der Waals surface area contributed by atoms with Crippen LogP contribution in [0.2, 0.25) is 0 Å². The zero-order valence-electron chi connectivity index (χ0n) is 13.3. The fourth-order valence-corrected chi connectivity index (χ4v) is 3.77. The van der Waals surface area contributed by atoms with E-state index in [9.17, 15) is 13.2 Å². The molecule has 0 bridgehead atoms. The maximum atomic E-state index is 12.3. The van der Waals surface area contributed by atoms with Crippen molar-refractivity contribution in [2.45, 2.75) is 12.8 Å². The van der Waals surface area contributed by atoms with Gasteiger partial charge < -0.3 is 0 Å². The fourth-order valence-electron chi connectivity index (χ4n) is 2.77. The van der Waals surface area contributed by atoms with E-state index in [2.05, 4.69) is 10.9 Å². The number of hydrogen-bond donors (Lipinski definition) is 2. The molecule has 1 aliphatic heterocycles. The first kappa shape index (κ1) is 16.3. The van der Waals surface area contributed by atoms with Gasteiger partial charge >= 0.3 is 0 Å². The number of anilines is 2. The molecule has 1 heterocycles. The maximum Gasteiger partial charge on any atom is 0.269 e. The number of nitrogens with one attached hydrogen (secondary N) is 2. The Hall–Kier alpha value is -2.54. The second-order valence-corrected chi connectivity index (χ2v) is 7.63. The lowest BCUT2D eigenvalue weighted by Crippen LogP contribution is -2.35. The summed E-state index contributed by atoms with van der Waals surface area (Å²) in [5.41, 5.74) is 8.31. The fraction of sp³-hybridized carbons (Fsp3) is 0.235. The van der Waals surface area contributed by atoms with Crippen LogP contribution in [0, 0.1) is 0 Å². The number of hydrazine groups is 1. The minimum absolute atomic E-state index is 0.266. The van der Waals surface area contributed by atoms with Crippen molar-refractivity contribution in [3.63, 3.8) is 0 Å². The van der Waals surface area contributed by atoms with Crippen LogP contribution in [-0.2, 0) is 16.4 Å². The Bertz CT molecular complexity index is 851. The molecule has 3 rings (SSSR count). The third-order valence-electron chi connectivity index (χ3n) is 3.91. The van der Waals surface area contributed by atoms with Gasteiger partial charge in [0.1, 0.15) is 0 Å². The van der Waals surface area contributed by atoms with Crippen molar-refractivity contribution in [3.8, 4) is 0 Å². The Morgan fingerprint density at radius 3 is 2.58 bits per heavy atom. The summed E-state index contributed by atoms with van der Waals surface area (Å²) >= 11 is 0. The summed E-state index contributed by atoms with van der Waals surface area (Å²) in [6.45, 7) is 0.479. The molecule has 7 heteroatoms. The van der Waals surface area contributed by atoms with Crippen molar-refractivity contribution in [1.29, 1.82) is 0 Å². The van der Waals surface area contributed by atoms with Gasteiger partial charge in [-0.25, -0.2) is 8.42 Å². The highest BCUT2D eigenvalue weighted by atomic mass is 32.2. The molecule has 0 fully saturated rings. The molecule has 0 atom stereocenters. The molecule has 1 aliphatic rings. The van der Waals surface area contributed by atoms with Crippen molar-refractivity contribution >= 4 is 27.3 Å². The predicted molar refractivity (Wildman–Crippen MR) is 94.5 cm³/mol. The number of rotatable bonds is 4. The molecule has 0 saturated heterocycles. The van der Waals surface area contributed by atoms with Crippen LogP contribution in [0.4, 0.5) is 11.4 Å². The maximum absolute atomic E-state index is 12.3. The van der Waals surface area contributed by atoms with Crippen LogP contribution in [0.5, 0.6) is 0 Å². The first-order chi connectivity index (χ1) is 11.4. The van der Waals surface area contributed by atoms with Crippen LogP contribution in [0.3, 0.4) is 0 Å². The third-order valence-corrected chi connectivity index (χ3v) is 5.09. The van der Waals surface area contributed by atoms with E-state index >= 15 is 0 Å². The van der Waals surface area contributed by atoms with Gasteiger partial charge in [-0.15, -0.1) is 0 Å². The number of carbonyl (C=O) groups excluding carboxylic acids is 1. The Kier molecular flexibility index (Phi) is 4.44. The largest absolute Gasteiger partial charge is 0.298 e. The lowest BCUT2D eigenvalue weighted by molar-refractivity contribution is 0.0962. The van der Waals surface area contributed by atoms with Gasteiger partial charge in [-0.2, -0.15) is 0 Å². The number of nitrogens with zero attached hydrogens (tertiary/aromatic N) is 1. The standard InChI is InChI=1S/C17H19N3O3S/c1-24(22,23)20-11-5-6-13-12-14(9-10-16(13)20)17(21)19-18-15-7-3-2-4-8-15/h2-4,7-10,12,18H,5-6,11H2,1H3,(H,19,21). The van der Waals surface area contributed by atoms with Gasteiger partial charge in [-0.1, -0.05) is 18.2 Å². The smallest absolute Gasteiger partial charge is 0.269 e. The summed E-state index contributed by atoms with van der Waals surface area (Å²) < 4.78 is 25.1. The van der Waals surface area contributed by atoms with E-state index in [1.54, 1.807) is 18.2 Å². The number of amides is 1. The highest BCUT2D eigenvalue weighted by molar-refractivity contribution is 7.92. The van der Waals surface area contributed by atoms with Crippen molar-refractivity contribution in [3.05, 3.63) is 59.7 Å². The zero-order chi connectivity index (χ0) is 17.2. The van der Waals surface area contributed by atoms with Crippen LogP contribution >= 0.6 is 0 Å². The molecule has 0 radical (unpaired) electrons. The van der Waals surface area contributed by atoms with Crippen LogP contribution < -0.4 is 15.2 Å². The first-order valence-electron chi connectivity index (χ1n) is 7.67. The number of carbonyl (C=O) groups is 1. The summed E-state index contributed by atoms with van der Waals surface area (Å²) in [7, 11) is -3.30. The van der Waals surface area contributed by atoms with Crippen molar-refractivity contribution in [1.82, 2.24) is 5.43 Å². The average molecular weight is 345 g/mol. The Morgan fingerprint density at radius 2 is 1.88 bits per heavy atom. The van der Waals surface area contributed by atoms with Gasteiger partial charge in [0.25, 0.3) is 5.91 Å². The van der Waals surface area contributed by atoms with Crippen LogP contribution in [-0.4, -0.2) is 27.1 Å². The zero-order valence-corrected chi connectivity index (χ0v) is 14.1. The summed E-state index contributed by atoms with van der Waals surface area (Å²) in [4.78, 5) is 12.3. The highest BCUT2D eigenvalue weighted by Gasteiger charge is 2.24. The molecule has 126 valence electrons. The van der Waals surface area contributed by atoms with Gasteiger partial charge in [-0.05, 0) is 48.7 Å². The minimum Gasteiger partial charge on any atom is -0.298 e. The molecule has 6 nitrogen and oxygen atoms in total. The SMILES string of the molecule is CS(=O)(=O)N1CCCc2cc(C(=O)NNc3ccccc3)ccc21. The first-order valence-corrected chi connectivity index (χ1v) is 9.52. The van der Waals surface area contributed by atoms with E-state index in [1.165, 1.54) is 10.6 Å². The second-order valence-electron chi connectivity index (χ2n) is 5.73. The van der Waals surface area contributed by atoms with Gasteiger partial charge in [-0.3, -0.25) is 20.0 Å². The number of fused-ring (bicyclic) bond motifs is 1. The number of benzene rings is 2. The Balaban J connectivity index is 1.77. The normalized spacial score (nSPS) is 14.0. The molecule has 0 spiro atoms. The molecule has 2 aromatic rings. The molecule has 1 amide bonds. The second kappa shape index (κ2) is 6.52. The topological polar surface area (TPSA) is 78.5 Å². The molecular formula is C17H19N3O3S. The van der Waals surface area contributed by atoms with Gasteiger partial charge in [0.15, 0.2) is 0 Å². The summed E-state index contributed by atoms with van der Waals surface area (Å²) in [5, 5.41) is 0. The summed E-state index contributed by atoms with van der Waals surface area (Å²) in [5.74, 6) is -0.266. The molecule has 0 saturated carbocycles. The molecule has 2 N–H and O–H groups in total. The lowest BCUT2D eigenvalue weighted by atomic mass is 10.0. The summed E-state index contributed by atoms with van der Waals surface area (Å²) in [6.07, 6.45) is 2.70. The van der Waals surface area contributed by atoms with Crippen LogP contribution in [0.1, 0.15) is 22.3 Å². The highest BCUT2D eigenvalue weighted by Crippen LogP contribution is 2.29. The molecule has 0 unspecified atom stereocenters. The van der Waals surface area contributed by atoms with Crippen LogP contribution in [0.15, 0.2) is 48.5 Å². The van der Waals surface area contributed by atoms with E-state index in [1.807, 2.05) is 30.3 Å². The average Bonchev–Trinajstić information content (AvgIpc) is 2.58. The molecule has 0 aliphatic carbocycles. The number of sulfonamides is 1. The molecule has 24 heavy (non-hydrogen) atoms. The lowest BCUT2D eigenvalue weighted by Gasteiger charge is -2.29. The minimum atomic E-state index is -3.30. The molecular weight excluding hydrogens is 326 g/mol. The number of para-hydroxylation sites is 1. The van der Waals surface area contributed by atoms with Crippen molar-refractivity contribution < 1.29 is 13.2 Å². The Labute approximate surface area is 141 Å². The van der Waals surface area contributed by atoms with Crippen LogP contribution in [0.25, 0.3) is 0 Å².